The van der Waals surface area contributed by atoms with Gasteiger partial charge in [0.25, 0.3) is 0 Å². The predicted octanol–water partition coefficient (Wildman–Crippen LogP) is 3.50. The maximum absolute atomic E-state index is 12.8. The number of ketones is 1. The van der Waals surface area contributed by atoms with E-state index in [9.17, 15) is 14.4 Å². The van der Waals surface area contributed by atoms with Crippen LogP contribution in [-0.4, -0.2) is 32.0 Å². The van der Waals surface area contributed by atoms with E-state index in [2.05, 4.69) is 15.3 Å². The lowest BCUT2D eigenvalue weighted by Crippen LogP contribution is -2.30. The van der Waals surface area contributed by atoms with Crippen molar-refractivity contribution >= 4 is 29.1 Å². The Labute approximate surface area is 190 Å². The van der Waals surface area contributed by atoms with Crippen LogP contribution >= 0.6 is 11.8 Å². The lowest BCUT2D eigenvalue weighted by atomic mass is 9.97. The molecule has 0 bridgehead atoms. The van der Waals surface area contributed by atoms with E-state index in [1.165, 1.54) is 18.7 Å². The molecule has 3 aromatic rings. The van der Waals surface area contributed by atoms with Crippen LogP contribution < -0.4 is 11.0 Å². The maximum Gasteiger partial charge on any atom is 0.349 e. The van der Waals surface area contributed by atoms with Crippen molar-refractivity contribution in [3.63, 3.8) is 0 Å². The predicted molar refractivity (Wildman–Crippen MR) is 124 cm³/mol. The van der Waals surface area contributed by atoms with Crippen molar-refractivity contribution in [2.45, 2.75) is 44.2 Å². The fourth-order valence-corrected chi connectivity index (χ4v) is 4.70. The van der Waals surface area contributed by atoms with Gasteiger partial charge >= 0.3 is 5.69 Å². The van der Waals surface area contributed by atoms with Crippen molar-refractivity contribution in [2.24, 2.45) is 0 Å². The van der Waals surface area contributed by atoms with Gasteiger partial charge in [0.05, 0.1) is 12.3 Å². The number of aromatic nitrogens is 3. The van der Waals surface area contributed by atoms with Gasteiger partial charge in [0.15, 0.2) is 5.78 Å². The highest BCUT2D eigenvalue weighted by atomic mass is 32.2. The normalized spacial score (nSPS) is 12.8. The molecule has 32 heavy (non-hydrogen) atoms. The molecular weight excluding hydrogens is 424 g/mol. The number of anilines is 1. The van der Waals surface area contributed by atoms with Gasteiger partial charge in [0.2, 0.25) is 5.91 Å². The summed E-state index contributed by atoms with van der Waals surface area (Å²) in [7, 11) is 0. The summed E-state index contributed by atoms with van der Waals surface area (Å²) >= 11 is 1.30. The summed E-state index contributed by atoms with van der Waals surface area (Å²) in [5.41, 5.74) is 4.05. The van der Waals surface area contributed by atoms with Crippen molar-refractivity contribution in [3.8, 4) is 0 Å². The highest BCUT2D eigenvalue weighted by Crippen LogP contribution is 2.29. The standard InChI is InChI=1S/C24H24N4O3S/c1-16(29)18-6-8-19(9-7-18)26-22(30)15-32-23-20-4-2-3-5-21(20)28(24(31)27-23)14-17-10-12-25-13-11-17/h6-13H,2-5,14-15H2,1H3,(H,26,30). The summed E-state index contributed by atoms with van der Waals surface area (Å²) in [4.78, 5) is 45.0. The molecule has 2 heterocycles. The van der Waals surface area contributed by atoms with Crippen LogP contribution in [0.2, 0.25) is 0 Å². The van der Waals surface area contributed by atoms with Gasteiger partial charge in [-0.3, -0.25) is 19.1 Å². The molecule has 1 N–H and O–H groups in total. The largest absolute Gasteiger partial charge is 0.349 e. The first kappa shape index (κ1) is 22.0. The summed E-state index contributed by atoms with van der Waals surface area (Å²) < 4.78 is 1.75. The first-order chi connectivity index (χ1) is 15.5. The summed E-state index contributed by atoms with van der Waals surface area (Å²) in [6, 6.07) is 10.6. The van der Waals surface area contributed by atoms with Crippen LogP contribution in [0.5, 0.6) is 0 Å². The summed E-state index contributed by atoms with van der Waals surface area (Å²) in [5.74, 6) is -0.0485. The zero-order valence-electron chi connectivity index (χ0n) is 17.8. The number of nitrogens with one attached hydrogen (secondary N) is 1. The maximum atomic E-state index is 12.8. The zero-order valence-corrected chi connectivity index (χ0v) is 18.7. The van der Waals surface area contributed by atoms with E-state index in [1.807, 2.05) is 12.1 Å². The number of fused-ring (bicyclic) bond motifs is 1. The van der Waals surface area contributed by atoms with E-state index in [4.69, 9.17) is 0 Å². The summed E-state index contributed by atoms with van der Waals surface area (Å²) in [6.07, 6.45) is 7.21. The van der Waals surface area contributed by atoms with Crippen LogP contribution in [0.3, 0.4) is 0 Å². The Bertz CT molecular complexity index is 1190. The molecule has 1 amide bonds. The Morgan fingerprint density at radius 2 is 1.78 bits per heavy atom. The van der Waals surface area contributed by atoms with Gasteiger partial charge in [-0.25, -0.2) is 4.79 Å². The number of benzene rings is 1. The molecule has 1 aliphatic carbocycles. The van der Waals surface area contributed by atoms with Gasteiger partial charge in [-0.05, 0) is 74.6 Å². The van der Waals surface area contributed by atoms with E-state index in [0.29, 0.717) is 22.8 Å². The van der Waals surface area contributed by atoms with E-state index in [1.54, 1.807) is 41.2 Å². The minimum absolute atomic E-state index is 0.0204. The smallest absolute Gasteiger partial charge is 0.325 e. The molecule has 0 radical (unpaired) electrons. The number of carbonyl (C=O) groups excluding carboxylic acids is 2. The molecule has 0 saturated heterocycles. The number of pyridine rings is 1. The van der Waals surface area contributed by atoms with E-state index >= 15 is 0 Å². The monoisotopic (exact) mass is 448 g/mol. The van der Waals surface area contributed by atoms with Gasteiger partial charge in [-0.1, -0.05) is 11.8 Å². The number of amides is 1. The lowest BCUT2D eigenvalue weighted by molar-refractivity contribution is -0.113. The zero-order chi connectivity index (χ0) is 22.5. The number of hydrogen-bond acceptors (Lipinski definition) is 6. The fourth-order valence-electron chi connectivity index (χ4n) is 3.82. The van der Waals surface area contributed by atoms with Crippen molar-refractivity contribution in [2.75, 3.05) is 11.1 Å². The molecule has 8 heteroatoms. The van der Waals surface area contributed by atoms with Crippen LogP contribution in [0.15, 0.2) is 58.6 Å². The average Bonchev–Trinajstić information content (AvgIpc) is 2.81. The second-order valence-corrected chi connectivity index (χ2v) is 8.71. The molecule has 1 aliphatic rings. The van der Waals surface area contributed by atoms with Crippen molar-refractivity contribution in [1.82, 2.24) is 14.5 Å². The SMILES string of the molecule is CC(=O)c1ccc(NC(=O)CSc2nc(=O)n(Cc3ccncc3)c3c2CCCC3)cc1. The number of hydrogen-bond donors (Lipinski definition) is 1. The highest BCUT2D eigenvalue weighted by molar-refractivity contribution is 8.00. The fraction of sp³-hybridized carbons (Fsp3) is 0.292. The lowest BCUT2D eigenvalue weighted by Gasteiger charge is -2.22. The first-order valence-electron chi connectivity index (χ1n) is 10.6. The van der Waals surface area contributed by atoms with E-state index in [0.717, 1.165) is 42.5 Å². The Morgan fingerprint density at radius 1 is 1.06 bits per heavy atom. The topological polar surface area (TPSA) is 94.0 Å². The number of rotatable bonds is 7. The van der Waals surface area contributed by atoms with Crippen LogP contribution in [0, 0.1) is 0 Å². The molecule has 0 spiro atoms. The van der Waals surface area contributed by atoms with Gasteiger partial charge in [-0.15, -0.1) is 0 Å². The van der Waals surface area contributed by atoms with Crippen molar-refractivity contribution < 1.29 is 9.59 Å². The van der Waals surface area contributed by atoms with Crippen LogP contribution in [0.25, 0.3) is 0 Å². The molecule has 0 unspecified atom stereocenters. The van der Waals surface area contributed by atoms with Crippen molar-refractivity contribution in [3.05, 3.63) is 81.7 Å². The quantitative estimate of drug-likeness (QED) is 0.338. The molecule has 0 fully saturated rings. The Hall–Kier alpha value is -3.26. The molecule has 4 rings (SSSR count). The summed E-state index contributed by atoms with van der Waals surface area (Å²) in [6.45, 7) is 1.97. The molecule has 1 aromatic carbocycles. The van der Waals surface area contributed by atoms with Crippen LogP contribution in [0.4, 0.5) is 5.69 Å². The second-order valence-electron chi connectivity index (χ2n) is 7.74. The highest BCUT2D eigenvalue weighted by Gasteiger charge is 2.21. The Balaban J connectivity index is 1.49. The minimum Gasteiger partial charge on any atom is -0.325 e. The summed E-state index contributed by atoms with van der Waals surface area (Å²) in [5, 5.41) is 3.48. The Kier molecular flexibility index (Phi) is 6.80. The Morgan fingerprint density at radius 3 is 2.50 bits per heavy atom. The molecule has 0 saturated carbocycles. The minimum atomic E-state index is -0.287. The molecule has 164 valence electrons. The third-order valence-corrected chi connectivity index (χ3v) is 6.47. The third kappa shape index (κ3) is 5.13. The number of thioether (sulfide) groups is 1. The van der Waals surface area contributed by atoms with Crippen molar-refractivity contribution in [1.29, 1.82) is 0 Å². The number of Topliss-reactive ketones (excluding diaryl/α,β-unsaturated/α-hetero) is 1. The number of nitrogens with zero attached hydrogens (tertiary/aromatic N) is 3. The second kappa shape index (κ2) is 9.91. The van der Waals surface area contributed by atoms with Crippen LogP contribution in [0.1, 0.15) is 46.9 Å². The van der Waals surface area contributed by atoms with Gasteiger partial charge < -0.3 is 5.32 Å². The number of carbonyl (C=O) groups is 2. The van der Waals surface area contributed by atoms with Gasteiger partial charge in [-0.2, -0.15) is 4.98 Å². The average molecular weight is 449 g/mol. The molecule has 0 aliphatic heterocycles. The van der Waals surface area contributed by atoms with Gasteiger partial charge in [0, 0.05) is 34.9 Å². The third-order valence-electron chi connectivity index (χ3n) is 5.46. The van der Waals surface area contributed by atoms with Gasteiger partial charge in [0.1, 0.15) is 5.03 Å². The van der Waals surface area contributed by atoms with E-state index < -0.39 is 0 Å². The van der Waals surface area contributed by atoms with Crippen LogP contribution in [-0.2, 0) is 24.2 Å². The molecule has 7 nitrogen and oxygen atoms in total. The molecular formula is C24H24N4O3S. The molecule has 2 aromatic heterocycles. The molecule has 0 atom stereocenters. The van der Waals surface area contributed by atoms with E-state index in [-0.39, 0.29) is 23.1 Å². The first-order valence-corrected chi connectivity index (χ1v) is 11.5.